The van der Waals surface area contributed by atoms with Crippen molar-refractivity contribution in [3.05, 3.63) is 99.6 Å². The molecule has 4 aliphatic rings. The Kier molecular flexibility index (Phi) is 4.39. The molecule has 0 saturated carbocycles. The molecule has 3 aromatic rings. The Labute approximate surface area is 200 Å². The molecule has 3 atom stereocenters. The summed E-state index contributed by atoms with van der Waals surface area (Å²) >= 11 is 0. The Morgan fingerprint density at radius 3 is 2.47 bits per heavy atom. The predicted octanol–water partition coefficient (Wildman–Crippen LogP) is 5.31. The maximum absolute atomic E-state index is 3.72. The average Bonchev–Trinajstić information content (AvgIpc) is 2.86. The van der Waals surface area contributed by atoms with Crippen molar-refractivity contribution in [1.29, 1.82) is 0 Å². The van der Waals surface area contributed by atoms with E-state index >= 15 is 0 Å². The van der Waals surface area contributed by atoms with Crippen LogP contribution >= 0.6 is 0 Å². The first-order valence-corrected chi connectivity index (χ1v) is 12.7. The number of fused-ring (bicyclic) bond motifs is 2. The minimum absolute atomic E-state index is 0.358. The van der Waals surface area contributed by atoms with Gasteiger partial charge in [-0.05, 0) is 88.4 Å². The summed E-state index contributed by atoms with van der Waals surface area (Å²) in [7, 11) is 0. The quantitative estimate of drug-likeness (QED) is 0.526. The number of aryl methyl sites for hydroxylation is 1. The van der Waals surface area contributed by atoms with Crippen molar-refractivity contribution in [2.45, 2.75) is 51.1 Å². The van der Waals surface area contributed by atoms with E-state index in [9.17, 15) is 0 Å². The third kappa shape index (κ3) is 2.88. The smallest absolute Gasteiger partial charge is 0.0424 e. The van der Waals surface area contributed by atoms with Crippen LogP contribution in [0, 0.1) is 0 Å². The summed E-state index contributed by atoms with van der Waals surface area (Å²) in [5.41, 5.74) is 6.94. The lowest BCUT2D eigenvalue weighted by molar-refractivity contribution is 0.642. The van der Waals surface area contributed by atoms with Crippen LogP contribution in [0.3, 0.4) is 0 Å². The molecule has 0 saturated heterocycles. The second-order valence-electron chi connectivity index (χ2n) is 10.2. The van der Waals surface area contributed by atoms with Crippen LogP contribution in [0.5, 0.6) is 0 Å². The summed E-state index contributed by atoms with van der Waals surface area (Å²) in [5, 5.41) is 16.0. The summed E-state index contributed by atoms with van der Waals surface area (Å²) < 4.78 is 0. The maximum Gasteiger partial charge on any atom is 0.0424 e. The molecular weight excluding hydrogens is 412 g/mol. The topological polar surface area (TPSA) is 24.1 Å². The Hall–Kier alpha value is -3.52. The van der Waals surface area contributed by atoms with Gasteiger partial charge in [0, 0.05) is 35.0 Å². The van der Waals surface area contributed by atoms with Gasteiger partial charge < -0.3 is 10.6 Å². The minimum atomic E-state index is 0.358. The Bertz CT molecular complexity index is 1610. The molecule has 168 valence electrons. The zero-order valence-electron chi connectivity index (χ0n) is 19.9. The molecule has 0 amide bonds. The highest BCUT2D eigenvalue weighted by Crippen LogP contribution is 2.38. The monoisotopic (exact) mass is 442 g/mol. The molecule has 2 aliphatic heterocycles. The second-order valence-corrected chi connectivity index (χ2v) is 10.2. The van der Waals surface area contributed by atoms with Crippen molar-refractivity contribution in [3.8, 4) is 0 Å². The molecule has 34 heavy (non-hydrogen) atoms. The van der Waals surface area contributed by atoms with E-state index in [1.54, 1.807) is 5.56 Å². The molecule has 0 aromatic heterocycles. The average molecular weight is 443 g/mol. The number of benzene rings is 3. The van der Waals surface area contributed by atoms with Crippen LogP contribution in [0.2, 0.25) is 0 Å². The molecular formula is C32H30N2. The highest BCUT2D eigenvalue weighted by molar-refractivity contribution is 6.12. The van der Waals surface area contributed by atoms with Crippen LogP contribution in [0.1, 0.15) is 49.3 Å². The van der Waals surface area contributed by atoms with Crippen LogP contribution < -0.4 is 21.1 Å². The number of hydrogen-bond acceptors (Lipinski definition) is 2. The van der Waals surface area contributed by atoms with E-state index in [1.165, 1.54) is 54.5 Å². The van der Waals surface area contributed by atoms with E-state index in [4.69, 9.17) is 0 Å². The first-order valence-electron chi connectivity index (χ1n) is 12.7. The van der Waals surface area contributed by atoms with Crippen LogP contribution in [0.15, 0.2) is 72.5 Å². The minimum Gasteiger partial charge on any atom is -0.382 e. The fraction of sp³-hybridized carbons (Fsp3) is 0.250. The van der Waals surface area contributed by atoms with E-state index < -0.39 is 0 Å². The predicted molar refractivity (Wildman–Crippen MR) is 145 cm³/mol. The Morgan fingerprint density at radius 2 is 1.62 bits per heavy atom. The summed E-state index contributed by atoms with van der Waals surface area (Å²) in [6, 6.07) is 12.4. The molecule has 7 rings (SSSR count). The standard InChI is InChI=1S/C32H30N2/c1-19-7-3-13-29(33-19)21-15-17-27-26-12-6-10-24-22(30-14-4-8-20(2)34-30)16-18-28(32(24)26)25-11-5-9-23(21)31(25)27/h3-5,7-11,13-14,16-21,33-34H,6,12,15H2,1-2H3. The molecule has 0 bridgehead atoms. The van der Waals surface area contributed by atoms with E-state index in [1.807, 2.05) is 0 Å². The molecule has 2 heterocycles. The van der Waals surface area contributed by atoms with Gasteiger partial charge in [-0.1, -0.05) is 66.8 Å². The van der Waals surface area contributed by atoms with Crippen LogP contribution in [0.25, 0.3) is 39.4 Å². The number of allylic oxidation sites excluding steroid dienone is 5. The lowest BCUT2D eigenvalue weighted by Crippen LogP contribution is -2.32. The second kappa shape index (κ2) is 7.50. The van der Waals surface area contributed by atoms with Gasteiger partial charge in [-0.2, -0.15) is 0 Å². The first-order chi connectivity index (χ1) is 16.7. The summed E-state index contributed by atoms with van der Waals surface area (Å²) in [6.45, 7) is 4.44. The van der Waals surface area contributed by atoms with Gasteiger partial charge in [-0.15, -0.1) is 0 Å². The third-order valence-electron chi connectivity index (χ3n) is 7.99. The van der Waals surface area contributed by atoms with Crippen LogP contribution in [-0.4, -0.2) is 12.1 Å². The lowest BCUT2D eigenvalue weighted by atomic mass is 9.78. The number of nitrogens with one attached hydrogen (secondary N) is 2. The van der Waals surface area contributed by atoms with Crippen molar-refractivity contribution in [2.75, 3.05) is 0 Å². The van der Waals surface area contributed by atoms with E-state index in [0.717, 1.165) is 19.3 Å². The van der Waals surface area contributed by atoms with Crippen LogP contribution in [-0.2, 0) is 6.42 Å². The van der Waals surface area contributed by atoms with E-state index in [2.05, 4.69) is 103 Å². The molecule has 0 radical (unpaired) electrons. The normalized spacial score (nSPS) is 24.6. The SMILES string of the molecule is CC1C=CC=C(c2ccc3c4c(c5c6c(cccc63)C(C3=CC=CC(C)N3)CC=5)CCC=c24)N1. The van der Waals surface area contributed by atoms with E-state index in [0.29, 0.717) is 18.0 Å². The van der Waals surface area contributed by atoms with Gasteiger partial charge in [0.1, 0.15) is 0 Å². The number of dihydropyridines is 2. The molecule has 0 fully saturated rings. The van der Waals surface area contributed by atoms with Gasteiger partial charge in [-0.25, -0.2) is 0 Å². The fourth-order valence-corrected chi connectivity index (χ4v) is 6.52. The largest absolute Gasteiger partial charge is 0.382 e. The van der Waals surface area contributed by atoms with Crippen molar-refractivity contribution < 1.29 is 0 Å². The van der Waals surface area contributed by atoms with Crippen molar-refractivity contribution in [2.24, 2.45) is 0 Å². The maximum atomic E-state index is 3.72. The van der Waals surface area contributed by atoms with Gasteiger partial charge in [0.05, 0.1) is 0 Å². The summed E-state index contributed by atoms with van der Waals surface area (Å²) in [5.74, 6) is 0.395. The molecule has 2 heteroatoms. The molecule has 3 unspecified atom stereocenters. The Balaban J connectivity index is 1.51. The molecule has 0 spiro atoms. The van der Waals surface area contributed by atoms with Gasteiger partial charge >= 0.3 is 0 Å². The highest BCUT2D eigenvalue weighted by Gasteiger charge is 2.26. The third-order valence-corrected chi connectivity index (χ3v) is 7.99. The number of hydrogen-bond donors (Lipinski definition) is 2. The lowest BCUT2D eigenvalue weighted by Gasteiger charge is -2.30. The zero-order valence-corrected chi connectivity index (χ0v) is 19.9. The summed E-state index contributed by atoms with van der Waals surface area (Å²) in [6.07, 6.45) is 21.6. The van der Waals surface area contributed by atoms with Gasteiger partial charge in [0.15, 0.2) is 0 Å². The fourth-order valence-electron chi connectivity index (χ4n) is 6.52. The molecule has 2 nitrogen and oxygen atoms in total. The van der Waals surface area contributed by atoms with Crippen molar-refractivity contribution in [1.82, 2.24) is 10.6 Å². The highest BCUT2D eigenvalue weighted by atomic mass is 14.9. The van der Waals surface area contributed by atoms with Gasteiger partial charge in [0.2, 0.25) is 0 Å². The molecule has 2 aliphatic carbocycles. The van der Waals surface area contributed by atoms with Crippen molar-refractivity contribution in [3.63, 3.8) is 0 Å². The van der Waals surface area contributed by atoms with Gasteiger partial charge in [0.25, 0.3) is 0 Å². The Morgan fingerprint density at radius 1 is 0.794 bits per heavy atom. The van der Waals surface area contributed by atoms with Crippen molar-refractivity contribution >= 4 is 39.4 Å². The zero-order chi connectivity index (χ0) is 22.8. The van der Waals surface area contributed by atoms with E-state index in [-0.39, 0.29) is 0 Å². The number of rotatable bonds is 2. The first kappa shape index (κ1) is 19.9. The summed E-state index contributed by atoms with van der Waals surface area (Å²) in [4.78, 5) is 0. The van der Waals surface area contributed by atoms with Crippen LogP contribution in [0.4, 0.5) is 0 Å². The van der Waals surface area contributed by atoms with Gasteiger partial charge in [-0.3, -0.25) is 0 Å². The molecule has 3 aromatic carbocycles. The molecule has 2 N–H and O–H groups in total.